The number of fused-ring (bicyclic) bond motifs is 2. The Morgan fingerprint density at radius 3 is 1.89 bits per heavy atom. The van der Waals surface area contributed by atoms with E-state index in [1.807, 2.05) is 0 Å². The fraction of sp³-hybridized carbons (Fsp3) is 0.105. The standard InChI is InChI=1S/C38H28O7/c1-6-26(45-5)16-14-20(2)33(39)31-21(3)35(41)29-17-15-24(19-30(29)38(31)44)23-10-9-11-25(18-23)36(42)32-22(4)34(40)27-12-7-8-13-28(27)37(32)43/h6-19H,2H2,1,3-5H3/b16-14-,26-6+. The van der Waals surface area contributed by atoms with Crippen LogP contribution >= 0.6 is 0 Å². The molecule has 0 bridgehead atoms. The molecule has 0 heterocycles. The van der Waals surface area contributed by atoms with Gasteiger partial charge < -0.3 is 4.74 Å². The molecule has 5 rings (SSSR count). The smallest absolute Gasteiger partial charge is 0.198 e. The maximum atomic E-state index is 13.7. The molecule has 0 unspecified atom stereocenters. The lowest BCUT2D eigenvalue weighted by molar-refractivity contribution is -0.111. The minimum absolute atomic E-state index is 0.00989. The van der Waals surface area contributed by atoms with Gasteiger partial charge in [-0.2, -0.15) is 0 Å². The first kappa shape index (κ1) is 30.6. The van der Waals surface area contributed by atoms with E-state index in [0.717, 1.165) is 0 Å². The van der Waals surface area contributed by atoms with Crippen LogP contribution < -0.4 is 0 Å². The zero-order valence-corrected chi connectivity index (χ0v) is 25.1. The lowest BCUT2D eigenvalue weighted by atomic mass is 9.80. The van der Waals surface area contributed by atoms with Gasteiger partial charge in [0, 0.05) is 44.5 Å². The van der Waals surface area contributed by atoms with Crippen LogP contribution in [0.5, 0.6) is 0 Å². The van der Waals surface area contributed by atoms with Crippen LogP contribution in [-0.4, -0.2) is 41.8 Å². The maximum Gasteiger partial charge on any atom is 0.198 e. The van der Waals surface area contributed by atoms with Gasteiger partial charge in [0.25, 0.3) is 0 Å². The van der Waals surface area contributed by atoms with Crippen LogP contribution in [0.2, 0.25) is 0 Å². The molecule has 3 aromatic carbocycles. The van der Waals surface area contributed by atoms with Gasteiger partial charge in [0.15, 0.2) is 34.7 Å². The molecule has 0 fully saturated rings. The molecule has 2 aliphatic carbocycles. The molecule has 0 radical (unpaired) electrons. The van der Waals surface area contributed by atoms with E-state index in [4.69, 9.17) is 4.74 Å². The molecule has 3 aromatic rings. The minimum Gasteiger partial charge on any atom is -0.497 e. The van der Waals surface area contributed by atoms with Crippen molar-refractivity contribution in [1.82, 2.24) is 0 Å². The fourth-order valence-corrected chi connectivity index (χ4v) is 5.46. The van der Waals surface area contributed by atoms with Crippen molar-refractivity contribution in [2.75, 3.05) is 7.11 Å². The highest BCUT2D eigenvalue weighted by Crippen LogP contribution is 2.33. The lowest BCUT2D eigenvalue weighted by Gasteiger charge is -2.20. The summed E-state index contributed by atoms with van der Waals surface area (Å²) >= 11 is 0. The summed E-state index contributed by atoms with van der Waals surface area (Å²) in [5, 5.41) is 0. The number of rotatable bonds is 8. The summed E-state index contributed by atoms with van der Waals surface area (Å²) in [6.07, 6.45) is 4.66. The van der Waals surface area contributed by atoms with Crippen molar-refractivity contribution < 1.29 is 33.5 Å². The van der Waals surface area contributed by atoms with E-state index in [9.17, 15) is 28.8 Å². The molecule has 0 N–H and O–H groups in total. The molecule has 7 nitrogen and oxygen atoms in total. The second-order valence-electron chi connectivity index (χ2n) is 10.6. The average Bonchev–Trinajstić information content (AvgIpc) is 3.06. The third-order valence-electron chi connectivity index (χ3n) is 7.98. The topological polar surface area (TPSA) is 112 Å². The van der Waals surface area contributed by atoms with Gasteiger partial charge in [-0.3, -0.25) is 28.8 Å². The van der Waals surface area contributed by atoms with Crippen molar-refractivity contribution in [3.05, 3.63) is 153 Å². The Kier molecular flexibility index (Phi) is 8.20. The number of carbonyl (C=O) groups excluding carboxylic acids is 6. The summed E-state index contributed by atoms with van der Waals surface area (Å²) in [5.74, 6) is -2.74. The van der Waals surface area contributed by atoms with E-state index in [1.54, 1.807) is 67.6 Å². The van der Waals surface area contributed by atoms with E-state index in [0.29, 0.717) is 16.9 Å². The van der Waals surface area contributed by atoms with Gasteiger partial charge in [-0.25, -0.2) is 0 Å². The average molecular weight is 597 g/mol. The Hall–Kier alpha value is -5.82. The number of hydrogen-bond donors (Lipinski definition) is 0. The number of ether oxygens (including phenoxy) is 1. The Morgan fingerprint density at radius 1 is 0.667 bits per heavy atom. The summed E-state index contributed by atoms with van der Waals surface area (Å²) in [4.78, 5) is 80.1. The van der Waals surface area contributed by atoms with Crippen molar-refractivity contribution in [2.45, 2.75) is 20.8 Å². The largest absolute Gasteiger partial charge is 0.497 e. The third kappa shape index (κ3) is 5.29. The number of benzene rings is 3. The van der Waals surface area contributed by atoms with Crippen molar-refractivity contribution in [3.63, 3.8) is 0 Å². The van der Waals surface area contributed by atoms with E-state index < -0.39 is 28.9 Å². The Labute approximate surface area is 259 Å². The SMILES string of the molecule is C=C(/C=C\C(=C/C)OC)C(=O)C1=C(C)C(=O)c2ccc(-c3cccc(C(=O)C4=C(C)C(=O)c5ccccc5C4=O)c3)cc2C1=O. The quantitative estimate of drug-likeness (QED) is 0.0918. The highest BCUT2D eigenvalue weighted by Gasteiger charge is 2.35. The lowest BCUT2D eigenvalue weighted by Crippen LogP contribution is -2.26. The molecule has 0 aromatic heterocycles. The summed E-state index contributed by atoms with van der Waals surface area (Å²) < 4.78 is 5.16. The summed E-state index contributed by atoms with van der Waals surface area (Å²) in [5.41, 5.74) is 1.53. The predicted molar refractivity (Wildman–Crippen MR) is 169 cm³/mol. The molecule has 7 heteroatoms. The summed E-state index contributed by atoms with van der Waals surface area (Å²) in [7, 11) is 1.48. The normalized spacial score (nSPS) is 15.0. The molecule has 45 heavy (non-hydrogen) atoms. The molecule has 222 valence electrons. The van der Waals surface area contributed by atoms with E-state index in [2.05, 4.69) is 6.58 Å². The Morgan fingerprint density at radius 2 is 1.24 bits per heavy atom. The maximum absolute atomic E-state index is 13.7. The van der Waals surface area contributed by atoms with Crippen LogP contribution in [-0.2, 0) is 9.53 Å². The van der Waals surface area contributed by atoms with Crippen LogP contribution in [0.15, 0.2) is 125 Å². The Bertz CT molecular complexity index is 2030. The number of methoxy groups -OCH3 is 1. The van der Waals surface area contributed by atoms with Gasteiger partial charge in [0.1, 0.15) is 5.76 Å². The number of Topliss-reactive ketones (excluding diaryl/α,β-unsaturated/α-hetero) is 6. The van der Waals surface area contributed by atoms with Crippen molar-refractivity contribution >= 4 is 34.7 Å². The van der Waals surface area contributed by atoms with Crippen LogP contribution in [0, 0.1) is 0 Å². The van der Waals surface area contributed by atoms with Gasteiger partial charge in [0.2, 0.25) is 0 Å². The van der Waals surface area contributed by atoms with Gasteiger partial charge >= 0.3 is 0 Å². The van der Waals surface area contributed by atoms with Gasteiger partial charge in [0.05, 0.1) is 18.3 Å². The predicted octanol–water partition coefficient (Wildman–Crippen LogP) is 6.86. The van der Waals surface area contributed by atoms with E-state index in [-0.39, 0.29) is 61.5 Å². The van der Waals surface area contributed by atoms with Crippen molar-refractivity contribution in [1.29, 1.82) is 0 Å². The first-order valence-corrected chi connectivity index (χ1v) is 14.1. The number of allylic oxidation sites excluding steroid dienone is 8. The molecule has 0 saturated carbocycles. The van der Waals surface area contributed by atoms with Crippen molar-refractivity contribution in [3.8, 4) is 11.1 Å². The van der Waals surface area contributed by atoms with Crippen LogP contribution in [0.25, 0.3) is 11.1 Å². The first-order valence-electron chi connectivity index (χ1n) is 14.1. The van der Waals surface area contributed by atoms with Crippen LogP contribution in [0.3, 0.4) is 0 Å². The van der Waals surface area contributed by atoms with E-state index in [1.165, 1.54) is 45.2 Å². The molecule has 0 saturated heterocycles. The molecule has 0 amide bonds. The van der Waals surface area contributed by atoms with Gasteiger partial charge in [-0.15, -0.1) is 0 Å². The second-order valence-corrected chi connectivity index (χ2v) is 10.6. The zero-order valence-electron chi connectivity index (χ0n) is 25.1. The third-order valence-corrected chi connectivity index (χ3v) is 7.98. The number of carbonyl (C=O) groups is 6. The molecule has 0 spiro atoms. The summed E-state index contributed by atoms with van der Waals surface area (Å²) in [6.45, 7) is 8.45. The Balaban J connectivity index is 1.49. The summed E-state index contributed by atoms with van der Waals surface area (Å²) in [6, 6.07) is 17.5. The first-order chi connectivity index (χ1) is 21.5. The van der Waals surface area contributed by atoms with Crippen molar-refractivity contribution in [2.24, 2.45) is 0 Å². The highest BCUT2D eigenvalue weighted by atomic mass is 16.5. The molecular weight excluding hydrogens is 568 g/mol. The second kappa shape index (κ2) is 12.1. The van der Waals surface area contributed by atoms with E-state index >= 15 is 0 Å². The molecular formula is C38H28O7. The number of ketones is 6. The van der Waals surface area contributed by atoms with Crippen LogP contribution in [0.4, 0.5) is 0 Å². The van der Waals surface area contributed by atoms with Gasteiger partial charge in [-0.05, 0) is 68.3 Å². The fourth-order valence-electron chi connectivity index (χ4n) is 5.46. The molecule has 0 atom stereocenters. The molecule has 0 aliphatic heterocycles. The van der Waals surface area contributed by atoms with Gasteiger partial charge in [-0.1, -0.05) is 55.1 Å². The van der Waals surface area contributed by atoms with Crippen LogP contribution in [0.1, 0.15) is 72.6 Å². The number of hydrogen-bond acceptors (Lipinski definition) is 7. The zero-order chi connectivity index (χ0) is 32.6. The minimum atomic E-state index is -0.672. The molecule has 2 aliphatic rings. The monoisotopic (exact) mass is 596 g/mol. The highest BCUT2D eigenvalue weighted by molar-refractivity contribution is 6.40.